The predicted octanol–water partition coefficient (Wildman–Crippen LogP) is 2.94. The molecule has 0 amide bonds. The topological polar surface area (TPSA) is 43.4 Å². The van der Waals surface area contributed by atoms with E-state index in [0.29, 0.717) is 5.75 Å². The lowest BCUT2D eigenvalue weighted by atomic mass is 10.1. The quantitative estimate of drug-likeness (QED) is 0.808. The number of rotatable bonds is 3. The molecule has 0 heterocycles. The fraction of sp³-hybridized carbons (Fsp3) is 0.200. The normalized spacial score (nSPS) is 14.1. The first-order valence-corrected chi connectivity index (χ1v) is 7.67. The minimum absolute atomic E-state index is 0.233. The molecule has 4 heteroatoms. The van der Waals surface area contributed by atoms with Crippen LogP contribution in [0.3, 0.4) is 0 Å². The number of hydrogen-bond donors (Lipinski definition) is 0. The molecule has 0 aliphatic heterocycles. The summed E-state index contributed by atoms with van der Waals surface area (Å²) in [5, 5.41) is 0. The van der Waals surface area contributed by atoms with Crippen LogP contribution < -0.4 is 4.18 Å². The van der Waals surface area contributed by atoms with E-state index in [4.69, 9.17) is 4.18 Å². The van der Waals surface area contributed by atoms with E-state index in [1.54, 1.807) is 36.4 Å². The molecule has 0 fully saturated rings. The monoisotopic (exact) mass is 274 g/mol. The molecule has 0 spiro atoms. The van der Waals surface area contributed by atoms with Gasteiger partial charge in [0.1, 0.15) is 10.6 Å². The van der Waals surface area contributed by atoms with Gasteiger partial charge in [0, 0.05) is 0 Å². The molecule has 0 saturated carbocycles. The fourth-order valence-corrected chi connectivity index (χ4v) is 3.34. The van der Waals surface area contributed by atoms with Crippen LogP contribution in [0.4, 0.5) is 0 Å². The second-order valence-electron chi connectivity index (χ2n) is 4.63. The van der Waals surface area contributed by atoms with E-state index in [0.717, 1.165) is 24.8 Å². The average Bonchev–Trinajstić information content (AvgIpc) is 2.86. The van der Waals surface area contributed by atoms with Gasteiger partial charge >= 0.3 is 10.1 Å². The highest BCUT2D eigenvalue weighted by Crippen LogP contribution is 2.26. The van der Waals surface area contributed by atoms with Crippen molar-refractivity contribution >= 4 is 10.1 Å². The van der Waals surface area contributed by atoms with Gasteiger partial charge in [0.25, 0.3) is 0 Å². The zero-order chi connectivity index (χ0) is 13.3. The first-order chi connectivity index (χ1) is 9.15. The molecule has 3 nitrogen and oxygen atoms in total. The molecular weight excluding hydrogens is 260 g/mol. The van der Waals surface area contributed by atoms with E-state index < -0.39 is 10.1 Å². The number of hydrogen-bond acceptors (Lipinski definition) is 3. The summed E-state index contributed by atoms with van der Waals surface area (Å²) in [6.45, 7) is 0. The van der Waals surface area contributed by atoms with Crippen LogP contribution in [0.1, 0.15) is 17.5 Å². The molecule has 0 radical (unpaired) electrons. The first-order valence-electron chi connectivity index (χ1n) is 6.26. The number of aryl methyl sites for hydroxylation is 2. The van der Waals surface area contributed by atoms with Crippen LogP contribution in [-0.2, 0) is 23.0 Å². The molecule has 2 aromatic carbocycles. The first kappa shape index (κ1) is 12.2. The molecule has 0 bridgehead atoms. The maximum absolute atomic E-state index is 12.2. The van der Waals surface area contributed by atoms with Crippen molar-refractivity contribution < 1.29 is 12.6 Å². The van der Waals surface area contributed by atoms with E-state index in [2.05, 4.69) is 0 Å². The molecule has 0 unspecified atom stereocenters. The lowest BCUT2D eigenvalue weighted by Crippen LogP contribution is -2.10. The Labute approximate surface area is 113 Å². The molecule has 2 aromatic rings. The SMILES string of the molecule is O=S(=O)(Oc1ccccc1)c1ccc2c(c1)CCC2. The molecule has 1 aliphatic carbocycles. The van der Waals surface area contributed by atoms with Crippen molar-refractivity contribution in [1.29, 1.82) is 0 Å². The molecule has 98 valence electrons. The van der Waals surface area contributed by atoms with Gasteiger partial charge in [-0.15, -0.1) is 0 Å². The summed E-state index contributed by atoms with van der Waals surface area (Å²) >= 11 is 0. The van der Waals surface area contributed by atoms with E-state index in [-0.39, 0.29) is 4.90 Å². The van der Waals surface area contributed by atoms with E-state index >= 15 is 0 Å². The molecule has 0 aromatic heterocycles. The Hall–Kier alpha value is -1.81. The van der Waals surface area contributed by atoms with Crippen LogP contribution in [0.2, 0.25) is 0 Å². The Kier molecular flexibility index (Phi) is 3.03. The number of benzene rings is 2. The van der Waals surface area contributed by atoms with Gasteiger partial charge in [-0.2, -0.15) is 8.42 Å². The third kappa shape index (κ3) is 2.49. The minimum Gasteiger partial charge on any atom is -0.379 e. The van der Waals surface area contributed by atoms with Crippen LogP contribution in [-0.4, -0.2) is 8.42 Å². The highest BCUT2D eigenvalue weighted by Gasteiger charge is 2.20. The van der Waals surface area contributed by atoms with Gasteiger partial charge in [0.05, 0.1) is 0 Å². The van der Waals surface area contributed by atoms with Gasteiger partial charge in [-0.05, 0) is 54.7 Å². The van der Waals surface area contributed by atoms with Crippen LogP contribution >= 0.6 is 0 Å². The summed E-state index contributed by atoms with van der Waals surface area (Å²) in [5.74, 6) is 0.336. The van der Waals surface area contributed by atoms with Gasteiger partial charge in [-0.1, -0.05) is 24.3 Å². The summed E-state index contributed by atoms with van der Waals surface area (Å²) in [7, 11) is -3.73. The van der Waals surface area contributed by atoms with E-state index in [1.165, 1.54) is 5.56 Å². The number of para-hydroxylation sites is 1. The van der Waals surface area contributed by atoms with Crippen LogP contribution in [0.25, 0.3) is 0 Å². The predicted molar refractivity (Wildman–Crippen MR) is 72.7 cm³/mol. The maximum Gasteiger partial charge on any atom is 0.339 e. The van der Waals surface area contributed by atoms with Crippen molar-refractivity contribution in [3.63, 3.8) is 0 Å². The van der Waals surface area contributed by atoms with Crippen molar-refractivity contribution in [2.75, 3.05) is 0 Å². The highest BCUT2D eigenvalue weighted by atomic mass is 32.2. The van der Waals surface area contributed by atoms with Crippen molar-refractivity contribution in [2.45, 2.75) is 24.2 Å². The molecule has 0 N–H and O–H groups in total. The van der Waals surface area contributed by atoms with Gasteiger partial charge in [-0.3, -0.25) is 0 Å². The summed E-state index contributed by atoms with van der Waals surface area (Å²) in [5.41, 5.74) is 2.37. The van der Waals surface area contributed by atoms with E-state index in [1.807, 2.05) is 12.1 Å². The molecule has 0 saturated heterocycles. The zero-order valence-corrected chi connectivity index (χ0v) is 11.2. The van der Waals surface area contributed by atoms with Gasteiger partial charge in [-0.25, -0.2) is 0 Å². The Morgan fingerprint density at radius 2 is 1.63 bits per heavy atom. The molecular formula is C15H14O3S. The Morgan fingerprint density at radius 1 is 0.895 bits per heavy atom. The van der Waals surface area contributed by atoms with Crippen LogP contribution in [0, 0.1) is 0 Å². The Balaban J connectivity index is 1.92. The van der Waals surface area contributed by atoms with E-state index in [9.17, 15) is 8.42 Å². The molecule has 19 heavy (non-hydrogen) atoms. The number of fused-ring (bicyclic) bond motifs is 1. The summed E-state index contributed by atoms with van der Waals surface area (Å²) in [6.07, 6.45) is 3.08. The third-order valence-electron chi connectivity index (χ3n) is 3.31. The average molecular weight is 274 g/mol. The second kappa shape index (κ2) is 4.70. The summed E-state index contributed by atoms with van der Waals surface area (Å²) in [6, 6.07) is 13.8. The fourth-order valence-electron chi connectivity index (χ4n) is 2.35. The summed E-state index contributed by atoms with van der Waals surface area (Å²) < 4.78 is 29.5. The molecule has 3 rings (SSSR count). The lowest BCUT2D eigenvalue weighted by molar-refractivity contribution is 0.486. The highest BCUT2D eigenvalue weighted by molar-refractivity contribution is 7.87. The van der Waals surface area contributed by atoms with Gasteiger partial charge in [0.15, 0.2) is 0 Å². The standard InChI is InChI=1S/C15H14O3S/c16-19(17,18-14-7-2-1-3-8-14)15-10-9-12-5-4-6-13(12)11-15/h1-3,7-11H,4-6H2. The van der Waals surface area contributed by atoms with Crippen LogP contribution in [0.5, 0.6) is 5.75 Å². The van der Waals surface area contributed by atoms with Crippen molar-refractivity contribution in [1.82, 2.24) is 0 Å². The van der Waals surface area contributed by atoms with Crippen molar-refractivity contribution in [2.24, 2.45) is 0 Å². The van der Waals surface area contributed by atoms with Crippen LogP contribution in [0.15, 0.2) is 53.4 Å². The molecule has 0 atom stereocenters. The largest absolute Gasteiger partial charge is 0.379 e. The maximum atomic E-state index is 12.2. The molecule has 1 aliphatic rings. The minimum atomic E-state index is -3.73. The summed E-state index contributed by atoms with van der Waals surface area (Å²) in [4.78, 5) is 0.233. The second-order valence-corrected chi connectivity index (χ2v) is 6.18. The smallest absolute Gasteiger partial charge is 0.339 e. The van der Waals surface area contributed by atoms with Crippen molar-refractivity contribution in [3.8, 4) is 5.75 Å². The lowest BCUT2D eigenvalue weighted by Gasteiger charge is -2.08. The van der Waals surface area contributed by atoms with Gasteiger partial charge in [0.2, 0.25) is 0 Å². The van der Waals surface area contributed by atoms with Gasteiger partial charge < -0.3 is 4.18 Å². The Bertz CT molecular complexity index is 691. The van der Waals surface area contributed by atoms with Crippen molar-refractivity contribution in [3.05, 3.63) is 59.7 Å². The third-order valence-corrected chi connectivity index (χ3v) is 4.55. The Morgan fingerprint density at radius 3 is 2.42 bits per heavy atom. The zero-order valence-electron chi connectivity index (χ0n) is 10.4.